The van der Waals surface area contributed by atoms with Crippen molar-refractivity contribution in [1.29, 1.82) is 0 Å². The van der Waals surface area contributed by atoms with Crippen molar-refractivity contribution in [2.75, 3.05) is 6.54 Å². The lowest BCUT2D eigenvalue weighted by molar-refractivity contribution is -0.168. The van der Waals surface area contributed by atoms with Gasteiger partial charge >= 0.3 is 12.2 Å². The Bertz CT molecular complexity index is 642. The molecule has 0 saturated carbocycles. The van der Waals surface area contributed by atoms with E-state index in [4.69, 9.17) is 0 Å². The van der Waals surface area contributed by atoms with Crippen molar-refractivity contribution in [2.24, 2.45) is 0 Å². The van der Waals surface area contributed by atoms with Crippen LogP contribution >= 0.6 is 11.8 Å². The van der Waals surface area contributed by atoms with Crippen molar-refractivity contribution >= 4 is 17.8 Å². The summed E-state index contributed by atoms with van der Waals surface area (Å²) in [5, 5.41) is 2.61. The Kier molecular flexibility index (Phi) is 4.08. The van der Waals surface area contributed by atoms with Gasteiger partial charge in [-0.3, -0.25) is 4.90 Å². The van der Waals surface area contributed by atoms with E-state index in [2.05, 4.69) is 5.32 Å². The Hall–Kier alpha value is -1.63. The Balaban J connectivity index is 2.08. The first-order chi connectivity index (χ1) is 10.8. The number of hydrogen-bond acceptors (Lipinski definition) is 2. The van der Waals surface area contributed by atoms with E-state index in [1.54, 1.807) is 18.2 Å². The number of rotatable bonds is 1. The zero-order valence-electron chi connectivity index (χ0n) is 12.6. The van der Waals surface area contributed by atoms with E-state index in [0.717, 1.165) is 18.4 Å². The highest BCUT2D eigenvalue weighted by Crippen LogP contribution is 2.53. The maximum absolute atomic E-state index is 13.9. The van der Waals surface area contributed by atoms with Crippen molar-refractivity contribution in [2.45, 2.75) is 37.2 Å². The number of aryl methyl sites for hydroxylation is 1. The number of benzene rings is 1. The van der Waals surface area contributed by atoms with Gasteiger partial charge in [0.15, 0.2) is 0 Å². The van der Waals surface area contributed by atoms with Crippen LogP contribution < -0.4 is 5.32 Å². The molecule has 1 aromatic carbocycles. The molecule has 1 fully saturated rings. The van der Waals surface area contributed by atoms with Crippen LogP contribution in [0.25, 0.3) is 0 Å². The fraction of sp³-hybridized carbons (Fsp3) is 0.438. The third-order valence-corrected chi connectivity index (χ3v) is 5.54. The molecule has 0 bridgehead atoms. The highest BCUT2D eigenvalue weighted by Gasteiger charge is 2.61. The largest absolute Gasteiger partial charge is 0.425 e. The minimum atomic E-state index is -4.61. The smallest absolute Gasteiger partial charge is 0.311 e. The average Bonchev–Trinajstić information content (AvgIpc) is 2.72. The van der Waals surface area contributed by atoms with Crippen molar-refractivity contribution in [3.05, 3.63) is 46.5 Å². The van der Waals surface area contributed by atoms with Crippen molar-refractivity contribution < 1.29 is 18.0 Å². The highest BCUT2D eigenvalue weighted by molar-refractivity contribution is 8.04. The molecule has 0 aliphatic carbocycles. The summed E-state index contributed by atoms with van der Waals surface area (Å²) in [7, 11) is 0. The molecule has 2 heterocycles. The van der Waals surface area contributed by atoms with E-state index in [9.17, 15) is 18.0 Å². The third kappa shape index (κ3) is 2.82. The van der Waals surface area contributed by atoms with Gasteiger partial charge in [0.25, 0.3) is 0 Å². The van der Waals surface area contributed by atoms with E-state index in [-0.39, 0.29) is 5.56 Å². The molecule has 0 unspecified atom stereocenters. The molecule has 3 rings (SSSR count). The minimum Gasteiger partial charge on any atom is -0.311 e. The molecule has 2 aliphatic heterocycles. The first-order valence-corrected chi connectivity index (χ1v) is 8.28. The molecule has 1 saturated heterocycles. The summed E-state index contributed by atoms with van der Waals surface area (Å²) in [5.41, 5.74) is 0.910. The number of fused-ring (bicyclic) bond motifs is 1. The topological polar surface area (TPSA) is 32.3 Å². The molecule has 3 nitrogen and oxygen atoms in total. The summed E-state index contributed by atoms with van der Waals surface area (Å²) >= 11 is 0.676. The molecule has 2 amide bonds. The molecule has 1 aromatic rings. The van der Waals surface area contributed by atoms with Gasteiger partial charge in [0, 0.05) is 6.54 Å². The lowest BCUT2D eigenvalue weighted by Crippen LogP contribution is -2.60. The fourth-order valence-electron chi connectivity index (χ4n) is 2.77. The Labute approximate surface area is 136 Å². The van der Waals surface area contributed by atoms with Crippen LogP contribution in [0.5, 0.6) is 0 Å². The summed E-state index contributed by atoms with van der Waals surface area (Å²) < 4.78 is 41.8. The number of hydrogen-bond donors (Lipinski definition) is 1. The average molecular weight is 342 g/mol. The van der Waals surface area contributed by atoms with Gasteiger partial charge < -0.3 is 5.32 Å². The van der Waals surface area contributed by atoms with Gasteiger partial charge in [-0.05, 0) is 31.7 Å². The molecule has 23 heavy (non-hydrogen) atoms. The van der Waals surface area contributed by atoms with E-state index in [1.807, 2.05) is 6.92 Å². The highest BCUT2D eigenvalue weighted by atomic mass is 32.2. The van der Waals surface area contributed by atoms with E-state index < -0.39 is 17.1 Å². The first-order valence-electron chi connectivity index (χ1n) is 7.46. The molecular weight excluding hydrogens is 325 g/mol. The second kappa shape index (κ2) is 5.78. The fourth-order valence-corrected chi connectivity index (χ4v) is 4.08. The number of nitrogens with one attached hydrogen (secondary N) is 1. The molecule has 0 aromatic heterocycles. The normalized spacial score (nSPS) is 25.3. The number of thioether (sulfide) groups is 1. The summed E-state index contributed by atoms with van der Waals surface area (Å²) in [6.07, 6.45) is -0.518. The molecule has 2 aliphatic rings. The number of carbonyl (C=O) groups excluding carboxylic acids is 1. The second-order valence-electron chi connectivity index (χ2n) is 5.77. The zero-order chi connectivity index (χ0) is 16.7. The van der Waals surface area contributed by atoms with Crippen LogP contribution in [0.4, 0.5) is 18.0 Å². The van der Waals surface area contributed by atoms with Gasteiger partial charge in [0.1, 0.15) is 0 Å². The number of halogens is 3. The number of amides is 2. The van der Waals surface area contributed by atoms with Gasteiger partial charge in [-0.25, -0.2) is 4.79 Å². The van der Waals surface area contributed by atoms with Crippen molar-refractivity contribution in [1.82, 2.24) is 10.2 Å². The van der Waals surface area contributed by atoms with Crippen LogP contribution in [0.1, 0.15) is 30.4 Å². The third-order valence-electron chi connectivity index (χ3n) is 4.06. The van der Waals surface area contributed by atoms with E-state index in [1.165, 1.54) is 17.0 Å². The molecule has 124 valence electrons. The van der Waals surface area contributed by atoms with Crippen LogP contribution in [0.2, 0.25) is 0 Å². The summed E-state index contributed by atoms with van der Waals surface area (Å²) in [5.74, 6) is 0. The van der Waals surface area contributed by atoms with Crippen LogP contribution in [0.15, 0.2) is 35.4 Å². The zero-order valence-corrected chi connectivity index (χ0v) is 13.4. The van der Waals surface area contributed by atoms with Gasteiger partial charge in [-0.15, -0.1) is 0 Å². The van der Waals surface area contributed by atoms with Crippen molar-refractivity contribution in [3.63, 3.8) is 0 Å². The maximum atomic E-state index is 13.9. The molecule has 1 N–H and O–H groups in total. The molecule has 7 heteroatoms. The summed E-state index contributed by atoms with van der Waals surface area (Å²) in [4.78, 5) is 11.3. The van der Waals surface area contributed by atoms with E-state index >= 15 is 0 Å². The van der Waals surface area contributed by atoms with Gasteiger partial charge in [0.05, 0.1) is 5.03 Å². The SMILES string of the molecule is Cc1ccc([C@@]2(C(F)(F)F)NC(=O)N3CCCCC=C3S2)cc1. The van der Waals surface area contributed by atoms with Crippen molar-refractivity contribution in [3.8, 4) is 0 Å². The Morgan fingerprint density at radius 2 is 1.91 bits per heavy atom. The number of nitrogens with zero attached hydrogens (tertiary/aromatic N) is 1. The molecule has 0 spiro atoms. The van der Waals surface area contributed by atoms with Crippen LogP contribution in [-0.4, -0.2) is 23.7 Å². The number of alkyl halides is 3. The lowest BCUT2D eigenvalue weighted by Gasteiger charge is -2.43. The lowest BCUT2D eigenvalue weighted by atomic mass is 10.0. The van der Waals surface area contributed by atoms with Gasteiger partial charge in [-0.2, -0.15) is 13.2 Å². The molecule has 0 radical (unpaired) electrons. The van der Waals surface area contributed by atoms with Crippen LogP contribution in [0.3, 0.4) is 0 Å². The number of carbonyl (C=O) groups is 1. The monoisotopic (exact) mass is 342 g/mol. The van der Waals surface area contributed by atoms with Crippen LogP contribution in [0, 0.1) is 6.92 Å². The van der Waals surface area contributed by atoms with E-state index in [0.29, 0.717) is 29.8 Å². The predicted octanol–water partition coefficient (Wildman–Crippen LogP) is 4.49. The van der Waals surface area contributed by atoms with Gasteiger partial charge in [-0.1, -0.05) is 47.7 Å². The van der Waals surface area contributed by atoms with Crippen LogP contribution in [-0.2, 0) is 4.87 Å². The standard InChI is InChI=1S/C16H17F3N2OS/c1-11-6-8-12(9-7-11)15(16(17,18)19)20-14(22)21-10-4-2-3-5-13(21)23-15/h5-9H,2-4,10H2,1H3,(H,20,22)/t15-/m1/s1. The maximum Gasteiger partial charge on any atom is 0.425 e. The predicted molar refractivity (Wildman–Crippen MR) is 83.7 cm³/mol. The van der Waals surface area contributed by atoms with Gasteiger partial charge in [0.2, 0.25) is 4.87 Å². The first kappa shape index (κ1) is 16.2. The minimum absolute atomic E-state index is 0.0405. The quantitative estimate of drug-likeness (QED) is 0.815. The summed E-state index contributed by atoms with van der Waals surface area (Å²) in [6.45, 7) is 2.26. The molecule has 1 atom stereocenters. The number of urea groups is 1. The Morgan fingerprint density at radius 3 is 2.57 bits per heavy atom. The summed E-state index contributed by atoms with van der Waals surface area (Å²) in [6, 6.07) is 5.44. The molecular formula is C16H17F3N2OS. The number of allylic oxidation sites excluding steroid dienone is 1. The second-order valence-corrected chi connectivity index (χ2v) is 7.00. The Morgan fingerprint density at radius 1 is 1.22 bits per heavy atom.